The summed E-state index contributed by atoms with van der Waals surface area (Å²) in [7, 11) is 1.29. The van der Waals surface area contributed by atoms with Crippen molar-refractivity contribution in [3.05, 3.63) is 36.0 Å². The van der Waals surface area contributed by atoms with Gasteiger partial charge in [-0.3, -0.25) is 0 Å². The number of aromatic nitrogens is 1. The molecule has 10 nitrogen and oxygen atoms in total. The van der Waals surface area contributed by atoms with Gasteiger partial charge >= 0.3 is 6.09 Å². The Morgan fingerprint density at radius 1 is 1.21 bits per heavy atom. The smallest absolute Gasteiger partial charge is 0.406 e. The number of nitrogens with zero attached hydrogens (tertiary/aromatic N) is 1. The summed E-state index contributed by atoms with van der Waals surface area (Å²) in [6.45, 7) is -0.192. The number of carbonyl (C=O) groups is 1. The first-order chi connectivity index (χ1) is 13.5. The maximum Gasteiger partial charge on any atom is 0.406 e. The zero-order chi connectivity index (χ0) is 20.3. The lowest BCUT2D eigenvalue weighted by Crippen LogP contribution is -2.61. The lowest BCUT2D eigenvalue weighted by Gasteiger charge is -2.39. The highest BCUT2D eigenvalue weighted by atomic mass is 16.8. The Kier molecular flexibility index (Phi) is 6.37. The van der Waals surface area contributed by atoms with Gasteiger partial charge in [0.2, 0.25) is 0 Å². The van der Waals surface area contributed by atoms with Crippen LogP contribution in [0, 0.1) is 0 Å². The molecule has 1 saturated heterocycles. The van der Waals surface area contributed by atoms with Crippen LogP contribution >= 0.6 is 0 Å². The molecule has 1 amide bonds. The molecule has 1 fully saturated rings. The van der Waals surface area contributed by atoms with E-state index in [2.05, 4.69) is 10.1 Å². The number of carbonyl (C=O) groups excluding carboxylic acids is 1. The van der Waals surface area contributed by atoms with Crippen LogP contribution in [0.5, 0.6) is 0 Å². The second-order valence-electron chi connectivity index (χ2n) is 6.47. The number of nitrogens with one attached hydrogen (secondary N) is 1. The Morgan fingerprint density at radius 2 is 1.96 bits per heavy atom. The minimum absolute atomic E-state index is 0.348. The van der Waals surface area contributed by atoms with E-state index in [9.17, 15) is 25.2 Å². The summed E-state index contributed by atoms with van der Waals surface area (Å²) in [4.78, 5) is 16.9. The lowest BCUT2D eigenvalue weighted by atomic mass is 9.99. The number of ether oxygens (including phenoxy) is 2. The van der Waals surface area contributed by atoms with Crippen LogP contribution in [0.2, 0.25) is 0 Å². The molecule has 0 spiro atoms. The predicted octanol–water partition coefficient (Wildman–Crippen LogP) is -1.23. The zero-order valence-corrected chi connectivity index (χ0v) is 15.3. The SMILES string of the molecule is COC(=O)NCCc1cn(O[C@@H]2O[C@H](CO)[C@@H](O)[C@H](O)[C@H]2O)c2ccccc12. The first-order valence-corrected chi connectivity index (χ1v) is 8.84. The van der Waals surface area contributed by atoms with Gasteiger partial charge in [0.25, 0.3) is 6.29 Å². The van der Waals surface area contributed by atoms with Crippen LogP contribution in [0.4, 0.5) is 4.79 Å². The molecule has 28 heavy (non-hydrogen) atoms. The largest absolute Gasteiger partial charge is 0.453 e. The van der Waals surface area contributed by atoms with Crippen molar-refractivity contribution in [1.82, 2.24) is 10.0 Å². The van der Waals surface area contributed by atoms with E-state index >= 15 is 0 Å². The van der Waals surface area contributed by atoms with Crippen molar-refractivity contribution in [2.75, 3.05) is 20.3 Å². The summed E-state index contributed by atoms with van der Waals surface area (Å²) in [5, 5.41) is 42.8. The molecule has 1 aliphatic heterocycles. The van der Waals surface area contributed by atoms with Gasteiger partial charge in [0.1, 0.15) is 24.4 Å². The van der Waals surface area contributed by atoms with Gasteiger partial charge in [0.15, 0.2) is 0 Å². The van der Waals surface area contributed by atoms with Crippen LogP contribution in [-0.2, 0) is 15.9 Å². The van der Waals surface area contributed by atoms with Crippen molar-refractivity contribution < 1.29 is 39.5 Å². The molecule has 2 heterocycles. The second-order valence-corrected chi connectivity index (χ2v) is 6.47. The topological polar surface area (TPSA) is 143 Å². The van der Waals surface area contributed by atoms with Gasteiger partial charge in [-0.2, -0.15) is 4.73 Å². The number of aliphatic hydroxyl groups excluding tert-OH is 4. The minimum Gasteiger partial charge on any atom is -0.453 e. The molecule has 1 aromatic carbocycles. The number of aliphatic hydroxyl groups is 4. The highest BCUT2D eigenvalue weighted by Gasteiger charge is 2.45. The highest BCUT2D eigenvalue weighted by Crippen LogP contribution is 2.24. The number of benzene rings is 1. The maximum atomic E-state index is 11.2. The highest BCUT2D eigenvalue weighted by molar-refractivity contribution is 5.83. The van der Waals surface area contributed by atoms with E-state index in [1.807, 2.05) is 18.2 Å². The van der Waals surface area contributed by atoms with Crippen LogP contribution < -0.4 is 10.2 Å². The number of hydrogen-bond donors (Lipinski definition) is 5. The molecule has 0 unspecified atom stereocenters. The van der Waals surface area contributed by atoms with Gasteiger partial charge < -0.3 is 40.1 Å². The third kappa shape index (κ3) is 4.05. The summed E-state index contributed by atoms with van der Waals surface area (Å²) < 4.78 is 11.3. The summed E-state index contributed by atoms with van der Waals surface area (Å²) in [5.41, 5.74) is 1.56. The van der Waals surface area contributed by atoms with Crippen molar-refractivity contribution in [2.45, 2.75) is 37.1 Å². The molecule has 1 aliphatic rings. The number of rotatable bonds is 6. The van der Waals surface area contributed by atoms with E-state index in [4.69, 9.17) is 9.57 Å². The summed E-state index contributed by atoms with van der Waals surface area (Å²) in [6, 6.07) is 7.36. The average Bonchev–Trinajstić information content (AvgIpc) is 3.06. The Hall–Kier alpha value is -2.37. The molecule has 0 radical (unpaired) electrons. The normalized spacial score (nSPS) is 27.5. The molecule has 154 valence electrons. The van der Waals surface area contributed by atoms with Crippen molar-refractivity contribution in [3.8, 4) is 0 Å². The van der Waals surface area contributed by atoms with Gasteiger partial charge in [-0.15, -0.1) is 0 Å². The number of amides is 1. The zero-order valence-electron chi connectivity index (χ0n) is 15.3. The molecule has 2 aromatic rings. The fraction of sp³-hybridized carbons (Fsp3) is 0.500. The molecule has 5 N–H and O–H groups in total. The Labute approximate surface area is 160 Å². The van der Waals surface area contributed by atoms with Crippen LogP contribution in [0.15, 0.2) is 30.5 Å². The number of alkyl carbamates (subject to hydrolysis) is 1. The van der Waals surface area contributed by atoms with Crippen LogP contribution in [0.25, 0.3) is 10.9 Å². The van der Waals surface area contributed by atoms with E-state index in [1.165, 1.54) is 11.8 Å². The first-order valence-electron chi connectivity index (χ1n) is 8.84. The van der Waals surface area contributed by atoms with Crippen LogP contribution in [0.3, 0.4) is 0 Å². The van der Waals surface area contributed by atoms with Gasteiger partial charge in [-0.05, 0) is 18.1 Å². The minimum atomic E-state index is -1.53. The predicted molar refractivity (Wildman–Crippen MR) is 96.4 cm³/mol. The molecule has 0 bridgehead atoms. The summed E-state index contributed by atoms with van der Waals surface area (Å²) >= 11 is 0. The number of methoxy groups -OCH3 is 1. The number of para-hydroxylation sites is 1. The molecule has 10 heteroatoms. The van der Waals surface area contributed by atoms with Crippen LogP contribution in [0.1, 0.15) is 5.56 Å². The molecule has 0 aliphatic carbocycles. The quantitative estimate of drug-likeness (QED) is 0.408. The molecule has 5 atom stereocenters. The van der Waals surface area contributed by atoms with E-state index in [0.717, 1.165) is 10.9 Å². The van der Waals surface area contributed by atoms with Gasteiger partial charge in [-0.1, -0.05) is 18.2 Å². The third-order valence-electron chi connectivity index (χ3n) is 4.68. The number of hydrogen-bond acceptors (Lipinski definition) is 8. The van der Waals surface area contributed by atoms with Gasteiger partial charge in [-0.25, -0.2) is 4.79 Å². The Balaban J connectivity index is 1.80. The monoisotopic (exact) mass is 396 g/mol. The molecule has 3 rings (SSSR count). The van der Waals surface area contributed by atoms with E-state index in [-0.39, 0.29) is 0 Å². The van der Waals surface area contributed by atoms with Gasteiger partial charge in [0, 0.05) is 18.1 Å². The molecule has 0 saturated carbocycles. The third-order valence-corrected chi connectivity index (χ3v) is 4.68. The van der Waals surface area contributed by atoms with Crippen molar-refractivity contribution in [2.24, 2.45) is 0 Å². The molecule has 1 aromatic heterocycles. The van der Waals surface area contributed by atoms with E-state index in [0.29, 0.717) is 18.5 Å². The maximum absolute atomic E-state index is 11.2. The Morgan fingerprint density at radius 3 is 2.68 bits per heavy atom. The van der Waals surface area contributed by atoms with E-state index < -0.39 is 43.4 Å². The molecular weight excluding hydrogens is 372 g/mol. The second kappa shape index (κ2) is 8.76. The van der Waals surface area contributed by atoms with E-state index in [1.54, 1.807) is 12.3 Å². The standard InChI is InChI=1S/C18H24N2O8/c1-26-18(25)19-7-6-10-8-20(12-5-3-2-4-11(10)12)28-17-16(24)15(23)14(22)13(9-21)27-17/h2-5,8,13-17,21-24H,6-7,9H2,1H3,(H,19,25)/t13-,14-,15+,16-,17+/m1/s1. The summed E-state index contributed by atoms with van der Waals surface area (Å²) in [6.07, 6.45) is -5.19. The van der Waals surface area contributed by atoms with Gasteiger partial charge in [0.05, 0.1) is 19.2 Å². The fourth-order valence-electron chi connectivity index (χ4n) is 3.14. The Bertz CT molecular complexity index is 808. The summed E-state index contributed by atoms with van der Waals surface area (Å²) in [5.74, 6) is 0. The number of fused-ring (bicyclic) bond motifs is 1. The average molecular weight is 396 g/mol. The van der Waals surface area contributed by atoms with Crippen molar-refractivity contribution in [3.63, 3.8) is 0 Å². The van der Waals surface area contributed by atoms with Crippen molar-refractivity contribution in [1.29, 1.82) is 0 Å². The lowest BCUT2D eigenvalue weighted by molar-refractivity contribution is -0.299. The fourth-order valence-corrected chi connectivity index (χ4v) is 3.14. The molecular formula is C18H24N2O8. The first kappa shape index (κ1) is 20.4. The van der Waals surface area contributed by atoms with Crippen LogP contribution in [-0.4, -0.2) is 82.2 Å². The van der Waals surface area contributed by atoms with Crippen molar-refractivity contribution >= 4 is 17.0 Å².